The van der Waals surface area contributed by atoms with Gasteiger partial charge in [-0.2, -0.15) is 0 Å². The number of hydrogen-bond acceptors (Lipinski definition) is 6. The number of fused-ring (bicyclic) bond motifs is 2. The van der Waals surface area contributed by atoms with Crippen LogP contribution in [0.3, 0.4) is 0 Å². The number of carboxylic acid groups (broad SMARTS) is 2. The predicted molar refractivity (Wildman–Crippen MR) is 83.4 cm³/mol. The Morgan fingerprint density at radius 1 is 1.30 bits per heavy atom. The third kappa shape index (κ3) is 4.44. The van der Waals surface area contributed by atoms with Crippen LogP contribution in [0.2, 0.25) is 0 Å². The van der Waals surface area contributed by atoms with Crippen molar-refractivity contribution in [1.82, 2.24) is 0 Å². The van der Waals surface area contributed by atoms with Crippen LogP contribution >= 0.6 is 0 Å². The SMILES string of the molecule is CCCc1c2c(c([O-])c3c(=O)cc(C(=O)O)oc13)CC(C(=O)[O-])CC2.[Na+].[Na+]. The van der Waals surface area contributed by atoms with E-state index < -0.39 is 34.8 Å². The molecule has 1 unspecified atom stereocenters. The van der Waals surface area contributed by atoms with E-state index in [1.165, 1.54) is 0 Å². The largest absolute Gasteiger partial charge is 1.00 e. The second-order valence-corrected chi connectivity index (χ2v) is 6.26. The first-order chi connectivity index (χ1) is 11.8. The molecule has 3 rings (SSSR count). The Labute approximate surface area is 199 Å². The zero-order chi connectivity index (χ0) is 18.3. The molecule has 0 saturated heterocycles. The molecule has 0 fully saturated rings. The van der Waals surface area contributed by atoms with Crippen molar-refractivity contribution in [1.29, 1.82) is 0 Å². The zero-order valence-electron chi connectivity index (χ0n) is 15.6. The van der Waals surface area contributed by atoms with E-state index in [0.717, 1.165) is 6.07 Å². The molecule has 1 aromatic carbocycles. The van der Waals surface area contributed by atoms with E-state index in [1.54, 1.807) is 0 Å². The van der Waals surface area contributed by atoms with Gasteiger partial charge in [-0.05, 0) is 36.8 Å². The van der Waals surface area contributed by atoms with Crippen molar-refractivity contribution in [2.45, 2.75) is 39.0 Å². The Morgan fingerprint density at radius 3 is 2.52 bits per heavy atom. The number of aryl methyl sites for hydroxylation is 1. The van der Waals surface area contributed by atoms with E-state index in [-0.39, 0.29) is 76.5 Å². The molecule has 0 bridgehead atoms. The van der Waals surface area contributed by atoms with E-state index in [9.17, 15) is 24.6 Å². The number of hydrogen-bond donors (Lipinski definition) is 1. The summed E-state index contributed by atoms with van der Waals surface area (Å²) in [6.45, 7) is 1.91. The normalized spacial score (nSPS) is 15.4. The van der Waals surface area contributed by atoms with E-state index in [0.29, 0.717) is 42.4 Å². The molecule has 1 heterocycles. The number of carboxylic acids is 2. The average molecular weight is 390 g/mol. The van der Waals surface area contributed by atoms with E-state index >= 15 is 0 Å². The summed E-state index contributed by atoms with van der Waals surface area (Å²) in [5.74, 6) is -4.45. The summed E-state index contributed by atoms with van der Waals surface area (Å²) in [5.41, 5.74) is 0.917. The van der Waals surface area contributed by atoms with Gasteiger partial charge in [-0.15, -0.1) is 0 Å². The van der Waals surface area contributed by atoms with Gasteiger partial charge in [0.25, 0.3) is 0 Å². The third-order valence-electron chi connectivity index (χ3n) is 4.69. The van der Waals surface area contributed by atoms with Crippen LogP contribution in [0.1, 0.15) is 47.0 Å². The second-order valence-electron chi connectivity index (χ2n) is 6.26. The minimum atomic E-state index is -1.39. The molecule has 1 N–H and O–H groups in total. The first kappa shape index (κ1) is 24.2. The molecular weight excluding hydrogens is 374 g/mol. The van der Waals surface area contributed by atoms with Gasteiger partial charge in [0.2, 0.25) is 5.76 Å². The minimum absolute atomic E-state index is 0. The Morgan fingerprint density at radius 2 is 1.96 bits per heavy atom. The topological polar surface area (TPSA) is 131 Å². The van der Waals surface area contributed by atoms with Gasteiger partial charge < -0.3 is 24.5 Å². The first-order valence-electron chi connectivity index (χ1n) is 8.10. The number of benzene rings is 1. The maximum Gasteiger partial charge on any atom is 1.00 e. The Bertz CT molecular complexity index is 949. The third-order valence-corrected chi connectivity index (χ3v) is 4.69. The van der Waals surface area contributed by atoms with Crippen molar-refractivity contribution < 1.29 is 88.4 Å². The summed E-state index contributed by atoms with van der Waals surface area (Å²) in [4.78, 5) is 34.7. The van der Waals surface area contributed by atoms with Crippen molar-refractivity contribution in [3.63, 3.8) is 0 Å². The van der Waals surface area contributed by atoms with Crippen LogP contribution in [0.15, 0.2) is 15.3 Å². The van der Waals surface area contributed by atoms with Crippen LogP contribution in [0.5, 0.6) is 5.75 Å². The van der Waals surface area contributed by atoms with Gasteiger partial charge in [-0.3, -0.25) is 4.79 Å². The summed E-state index contributed by atoms with van der Waals surface area (Å²) in [5, 5.41) is 32.9. The van der Waals surface area contributed by atoms with Gasteiger partial charge in [0.05, 0.1) is 5.39 Å². The Hall–Kier alpha value is -0.830. The van der Waals surface area contributed by atoms with Crippen LogP contribution in [0, 0.1) is 5.92 Å². The van der Waals surface area contributed by atoms with E-state index in [1.807, 2.05) is 6.92 Å². The van der Waals surface area contributed by atoms with E-state index in [4.69, 9.17) is 9.52 Å². The summed E-state index contributed by atoms with van der Waals surface area (Å²) < 4.78 is 5.38. The van der Waals surface area contributed by atoms with Gasteiger partial charge in [-0.25, -0.2) is 4.79 Å². The van der Waals surface area contributed by atoms with Crippen molar-refractivity contribution in [2.75, 3.05) is 0 Å². The summed E-state index contributed by atoms with van der Waals surface area (Å²) in [7, 11) is 0. The molecule has 27 heavy (non-hydrogen) atoms. The summed E-state index contributed by atoms with van der Waals surface area (Å²) in [6, 6.07) is 0.785. The maximum atomic E-state index is 12.8. The molecule has 7 nitrogen and oxygen atoms in total. The molecule has 9 heteroatoms. The van der Waals surface area contributed by atoms with Crippen molar-refractivity contribution in [3.8, 4) is 5.75 Å². The molecule has 0 aliphatic heterocycles. The quantitative estimate of drug-likeness (QED) is 0.515. The molecule has 0 radical (unpaired) electrons. The fourth-order valence-electron chi connectivity index (χ4n) is 3.53. The molecule has 0 saturated carbocycles. The molecule has 1 aliphatic rings. The number of carbonyl (C=O) groups excluding carboxylic acids is 1. The smallest absolute Gasteiger partial charge is 0.872 e. The summed E-state index contributed by atoms with van der Waals surface area (Å²) in [6.07, 6.45) is 1.91. The van der Waals surface area contributed by atoms with E-state index in [2.05, 4.69) is 0 Å². The second kappa shape index (κ2) is 9.58. The standard InChI is InChI=1S/C18H18O7.2Na/c1-2-3-10-9-5-4-8(17(21)22)6-11(9)15(20)14-12(19)7-13(18(23)24)25-16(10)14;;/h7-8,20H,2-6H2,1H3,(H,21,22)(H,23,24);;/q;2*+1/p-2. The van der Waals surface area contributed by atoms with Crippen LogP contribution in [-0.4, -0.2) is 17.0 Å². The molecule has 0 amide bonds. The fourth-order valence-corrected chi connectivity index (χ4v) is 3.53. The Kier molecular flexibility index (Phi) is 8.59. The molecule has 1 aromatic heterocycles. The summed E-state index contributed by atoms with van der Waals surface area (Å²) >= 11 is 0. The Balaban J connectivity index is 0.00000182. The maximum absolute atomic E-state index is 12.8. The van der Waals surface area contributed by atoms with Crippen LogP contribution in [0.4, 0.5) is 0 Å². The van der Waals surface area contributed by atoms with Crippen LogP contribution in [-0.2, 0) is 24.1 Å². The number of aromatic carboxylic acids is 1. The minimum Gasteiger partial charge on any atom is -0.872 e. The zero-order valence-corrected chi connectivity index (χ0v) is 19.6. The van der Waals surface area contributed by atoms with Crippen LogP contribution < -0.4 is 74.8 Å². The first-order valence-corrected chi connectivity index (χ1v) is 8.10. The van der Waals surface area contributed by atoms with Crippen molar-refractivity contribution >= 4 is 22.9 Å². The number of carbonyl (C=O) groups is 2. The number of aliphatic carboxylic acids is 1. The predicted octanol–water partition coefficient (Wildman–Crippen LogP) is -5.62. The van der Waals surface area contributed by atoms with Crippen molar-refractivity contribution in [2.24, 2.45) is 5.92 Å². The molecule has 1 atom stereocenters. The average Bonchev–Trinajstić information content (AvgIpc) is 2.57. The number of rotatable bonds is 4. The molecule has 1 aliphatic carbocycles. The molecule has 2 aromatic rings. The van der Waals surface area contributed by atoms with Crippen molar-refractivity contribution in [3.05, 3.63) is 38.7 Å². The molecule has 0 spiro atoms. The fraction of sp³-hybridized carbons (Fsp3) is 0.389. The molecular formula is C18H16Na2O7. The van der Waals surface area contributed by atoms with Gasteiger partial charge in [0.1, 0.15) is 5.58 Å². The molecule has 132 valence electrons. The monoisotopic (exact) mass is 390 g/mol. The van der Waals surface area contributed by atoms with Gasteiger partial charge >= 0.3 is 65.1 Å². The van der Waals surface area contributed by atoms with Gasteiger partial charge in [0.15, 0.2) is 5.43 Å². The van der Waals surface area contributed by atoms with Gasteiger partial charge in [0, 0.05) is 18.0 Å². The van der Waals surface area contributed by atoms with Crippen LogP contribution in [0.25, 0.3) is 11.0 Å². The van der Waals surface area contributed by atoms with Gasteiger partial charge in [-0.1, -0.05) is 24.7 Å².